The van der Waals surface area contributed by atoms with Crippen LogP contribution in [0.25, 0.3) is 10.1 Å². The number of benzene rings is 1. The second-order valence-corrected chi connectivity index (χ2v) is 8.00. The number of carbonyl (C=O) groups is 1. The molecule has 4 nitrogen and oxygen atoms in total. The van der Waals surface area contributed by atoms with Gasteiger partial charge in [0.2, 0.25) is 0 Å². The van der Waals surface area contributed by atoms with Gasteiger partial charge < -0.3 is 15.4 Å². The molecule has 2 bridgehead atoms. The van der Waals surface area contributed by atoms with E-state index in [0.717, 1.165) is 28.5 Å². The molecule has 1 aromatic heterocycles. The lowest BCUT2D eigenvalue weighted by Crippen LogP contribution is -2.39. The second kappa shape index (κ2) is 6.73. The molecule has 1 amide bonds. The summed E-state index contributed by atoms with van der Waals surface area (Å²) in [5.74, 6) is 2.47. The Morgan fingerprint density at radius 2 is 2.12 bits per heavy atom. The number of carbonyl (C=O) groups excluding carboxylic acids is 1. The third-order valence-electron chi connectivity index (χ3n) is 5.52. The van der Waals surface area contributed by atoms with Crippen LogP contribution in [-0.4, -0.2) is 32.1 Å². The normalized spacial score (nSPS) is 25.3. The number of amides is 1. The smallest absolute Gasteiger partial charge is 0.265 e. The first-order chi connectivity index (χ1) is 11.8. The molecule has 2 fully saturated rings. The molecule has 1 heterocycles. The zero-order valence-corrected chi connectivity index (χ0v) is 14.8. The first kappa shape index (κ1) is 15.9. The van der Waals surface area contributed by atoms with E-state index >= 15 is 0 Å². The van der Waals surface area contributed by atoms with Gasteiger partial charge in [0.1, 0.15) is 10.6 Å². The maximum atomic E-state index is 12.5. The maximum absolute atomic E-state index is 12.5. The Kier molecular flexibility index (Phi) is 4.46. The highest BCUT2D eigenvalue weighted by Gasteiger charge is 2.38. The average Bonchev–Trinajstić information content (AvgIpc) is 3.31. The molecule has 1 aromatic carbocycles. The molecule has 0 spiro atoms. The van der Waals surface area contributed by atoms with E-state index in [4.69, 9.17) is 4.74 Å². The van der Waals surface area contributed by atoms with E-state index in [9.17, 15) is 4.79 Å². The lowest BCUT2D eigenvalue weighted by atomic mass is 9.95. The summed E-state index contributed by atoms with van der Waals surface area (Å²) in [6, 6.07) is 8.64. The van der Waals surface area contributed by atoms with Crippen LogP contribution in [0.4, 0.5) is 0 Å². The summed E-state index contributed by atoms with van der Waals surface area (Å²) in [7, 11) is 1.63. The van der Waals surface area contributed by atoms with Crippen molar-refractivity contribution in [2.45, 2.75) is 31.7 Å². The maximum Gasteiger partial charge on any atom is 0.265 e. The summed E-state index contributed by atoms with van der Waals surface area (Å²) in [6.45, 7) is 1.50. The Morgan fingerprint density at radius 1 is 1.25 bits per heavy atom. The Balaban J connectivity index is 1.33. The fourth-order valence-corrected chi connectivity index (χ4v) is 5.47. The Bertz CT molecular complexity index is 742. The van der Waals surface area contributed by atoms with Crippen molar-refractivity contribution in [1.29, 1.82) is 0 Å². The number of fused-ring (bicyclic) bond motifs is 3. The van der Waals surface area contributed by atoms with E-state index in [-0.39, 0.29) is 5.91 Å². The first-order valence-electron chi connectivity index (χ1n) is 8.83. The van der Waals surface area contributed by atoms with Crippen molar-refractivity contribution < 1.29 is 9.53 Å². The van der Waals surface area contributed by atoms with Gasteiger partial charge in [0.25, 0.3) is 5.91 Å². The van der Waals surface area contributed by atoms with Gasteiger partial charge in [-0.25, -0.2) is 0 Å². The van der Waals surface area contributed by atoms with Crippen molar-refractivity contribution in [2.24, 2.45) is 11.8 Å². The summed E-state index contributed by atoms with van der Waals surface area (Å²) in [4.78, 5) is 13.2. The summed E-state index contributed by atoms with van der Waals surface area (Å²) in [6.07, 6.45) is 5.53. The van der Waals surface area contributed by atoms with Crippen LogP contribution in [0.5, 0.6) is 5.75 Å². The van der Waals surface area contributed by atoms with Crippen molar-refractivity contribution in [3.05, 3.63) is 29.1 Å². The van der Waals surface area contributed by atoms with Gasteiger partial charge in [-0.05, 0) is 43.2 Å². The predicted octanol–water partition coefficient (Wildman–Crippen LogP) is 3.42. The third kappa shape index (κ3) is 2.91. The van der Waals surface area contributed by atoms with Gasteiger partial charge in [-0.3, -0.25) is 4.79 Å². The number of methoxy groups -OCH3 is 1. The molecular weight excluding hydrogens is 320 g/mol. The van der Waals surface area contributed by atoms with E-state index in [1.54, 1.807) is 7.11 Å². The molecule has 0 saturated heterocycles. The molecule has 2 saturated carbocycles. The summed E-state index contributed by atoms with van der Waals surface area (Å²) in [5.41, 5.74) is 0. The molecule has 3 atom stereocenters. The molecule has 2 aliphatic carbocycles. The predicted molar refractivity (Wildman–Crippen MR) is 97.9 cm³/mol. The highest BCUT2D eigenvalue weighted by atomic mass is 32.1. The molecule has 2 aromatic rings. The van der Waals surface area contributed by atoms with Gasteiger partial charge in [0.05, 0.1) is 7.11 Å². The topological polar surface area (TPSA) is 50.4 Å². The first-order valence-corrected chi connectivity index (χ1v) is 9.65. The van der Waals surface area contributed by atoms with Crippen LogP contribution in [0.2, 0.25) is 0 Å². The van der Waals surface area contributed by atoms with Crippen molar-refractivity contribution in [1.82, 2.24) is 10.6 Å². The molecule has 2 aliphatic rings. The summed E-state index contributed by atoms with van der Waals surface area (Å²) < 4.78 is 6.56. The van der Waals surface area contributed by atoms with Gasteiger partial charge in [-0.1, -0.05) is 18.6 Å². The van der Waals surface area contributed by atoms with E-state index in [0.29, 0.717) is 23.2 Å². The third-order valence-corrected chi connectivity index (χ3v) is 6.67. The van der Waals surface area contributed by atoms with E-state index in [1.165, 1.54) is 37.0 Å². The quantitative estimate of drug-likeness (QED) is 0.790. The van der Waals surface area contributed by atoms with Gasteiger partial charge >= 0.3 is 0 Å². The minimum absolute atomic E-state index is 0.0391. The number of nitrogens with one attached hydrogen (secondary N) is 2. The molecular formula is C19H24N2O2S. The second-order valence-electron chi connectivity index (χ2n) is 6.95. The molecule has 5 heteroatoms. The van der Waals surface area contributed by atoms with Crippen molar-refractivity contribution in [3.8, 4) is 5.75 Å². The molecule has 4 rings (SSSR count). The van der Waals surface area contributed by atoms with Crippen LogP contribution >= 0.6 is 11.3 Å². The van der Waals surface area contributed by atoms with Crippen LogP contribution in [0.3, 0.4) is 0 Å². The highest BCUT2D eigenvalue weighted by Crippen LogP contribution is 2.44. The van der Waals surface area contributed by atoms with E-state index in [1.807, 2.05) is 24.3 Å². The van der Waals surface area contributed by atoms with Crippen LogP contribution in [0, 0.1) is 11.8 Å². The molecule has 128 valence electrons. The molecule has 24 heavy (non-hydrogen) atoms. The van der Waals surface area contributed by atoms with Crippen molar-refractivity contribution >= 4 is 27.3 Å². The fourth-order valence-electron chi connectivity index (χ4n) is 4.38. The molecule has 2 N–H and O–H groups in total. The van der Waals surface area contributed by atoms with Crippen LogP contribution < -0.4 is 15.4 Å². The molecule has 0 radical (unpaired) electrons. The Labute approximate surface area is 146 Å². The van der Waals surface area contributed by atoms with Crippen molar-refractivity contribution in [2.75, 3.05) is 20.2 Å². The van der Waals surface area contributed by atoms with E-state index < -0.39 is 0 Å². The fraction of sp³-hybridized carbons (Fsp3) is 0.526. The number of ether oxygens (including phenoxy) is 1. The standard InChI is InChI=1S/C19H24N2O2S/c1-23-17-14-4-2-3-5-16(14)24-18(17)19(22)21-9-8-20-15-11-12-6-7-13(15)10-12/h2-5,12-13,15,20H,6-11H2,1H3,(H,21,22). The largest absolute Gasteiger partial charge is 0.494 e. The van der Waals surface area contributed by atoms with Crippen LogP contribution in [-0.2, 0) is 0 Å². The average molecular weight is 344 g/mol. The Morgan fingerprint density at radius 3 is 2.88 bits per heavy atom. The minimum Gasteiger partial charge on any atom is -0.494 e. The van der Waals surface area contributed by atoms with Gasteiger partial charge in [-0.15, -0.1) is 11.3 Å². The summed E-state index contributed by atoms with van der Waals surface area (Å²) in [5, 5.41) is 7.67. The molecule has 0 aliphatic heterocycles. The minimum atomic E-state index is -0.0391. The number of hydrogen-bond acceptors (Lipinski definition) is 4. The number of thiophene rings is 1. The zero-order chi connectivity index (χ0) is 16.5. The number of hydrogen-bond donors (Lipinski definition) is 2. The SMILES string of the molecule is COc1c(C(=O)NCCNC2CC3CCC2C3)sc2ccccc12. The van der Waals surface area contributed by atoms with Crippen LogP contribution in [0.1, 0.15) is 35.4 Å². The van der Waals surface area contributed by atoms with Gasteiger partial charge in [0, 0.05) is 29.2 Å². The highest BCUT2D eigenvalue weighted by molar-refractivity contribution is 7.21. The molecule has 3 unspecified atom stereocenters. The monoisotopic (exact) mass is 344 g/mol. The lowest BCUT2D eigenvalue weighted by molar-refractivity contribution is 0.0955. The summed E-state index contributed by atoms with van der Waals surface area (Å²) >= 11 is 1.49. The van der Waals surface area contributed by atoms with E-state index in [2.05, 4.69) is 10.6 Å². The zero-order valence-electron chi connectivity index (χ0n) is 14.0. The van der Waals surface area contributed by atoms with Crippen LogP contribution in [0.15, 0.2) is 24.3 Å². The number of rotatable bonds is 6. The van der Waals surface area contributed by atoms with Crippen molar-refractivity contribution in [3.63, 3.8) is 0 Å². The lowest BCUT2D eigenvalue weighted by Gasteiger charge is -2.22. The Hall–Kier alpha value is -1.59. The van der Waals surface area contributed by atoms with Gasteiger partial charge in [-0.2, -0.15) is 0 Å². The van der Waals surface area contributed by atoms with Gasteiger partial charge in [0.15, 0.2) is 0 Å².